The van der Waals surface area contributed by atoms with Crippen LogP contribution in [-0.4, -0.2) is 48.8 Å². The molecule has 1 fully saturated rings. The molecule has 0 aliphatic carbocycles. The normalized spacial score (nSPS) is 20.0. The van der Waals surface area contributed by atoms with E-state index in [-0.39, 0.29) is 23.5 Å². The van der Waals surface area contributed by atoms with E-state index in [1.54, 1.807) is 23.3 Å². The van der Waals surface area contributed by atoms with Gasteiger partial charge in [-0.3, -0.25) is 4.79 Å². The van der Waals surface area contributed by atoms with Crippen LogP contribution in [0.1, 0.15) is 24.3 Å². The summed E-state index contributed by atoms with van der Waals surface area (Å²) in [6.07, 6.45) is 2.51. The Balaban J connectivity index is 1.51. The topological polar surface area (TPSA) is 67.3 Å². The maximum absolute atomic E-state index is 12.2. The molecule has 5 nitrogen and oxygen atoms in total. The van der Waals surface area contributed by atoms with Crippen LogP contribution in [0, 0.1) is 0 Å². The van der Waals surface area contributed by atoms with Gasteiger partial charge in [-0.1, -0.05) is 12.1 Å². The number of hydrogen-bond donors (Lipinski definition) is 0. The van der Waals surface area contributed by atoms with E-state index in [1.165, 1.54) is 4.70 Å². The van der Waals surface area contributed by atoms with Crippen LogP contribution in [0.2, 0.25) is 0 Å². The van der Waals surface area contributed by atoms with Gasteiger partial charge in [-0.05, 0) is 31.4 Å². The zero-order valence-corrected chi connectivity index (χ0v) is 14.7. The zero-order valence-electron chi connectivity index (χ0n) is 13.1. The van der Waals surface area contributed by atoms with Crippen molar-refractivity contribution in [2.24, 2.45) is 0 Å². The maximum Gasteiger partial charge on any atom is 0.222 e. The third-order valence-corrected chi connectivity index (χ3v) is 7.12. The SMILES string of the molecule is CN(C(=O)CCCc1nc2ccccc2s1)[C@H]1CCS(=O)(=O)C1. The summed E-state index contributed by atoms with van der Waals surface area (Å²) in [4.78, 5) is 18.4. The number of rotatable bonds is 5. The molecule has 0 radical (unpaired) electrons. The lowest BCUT2D eigenvalue weighted by molar-refractivity contribution is -0.131. The van der Waals surface area contributed by atoms with Crippen LogP contribution in [0.15, 0.2) is 24.3 Å². The number of carbonyl (C=O) groups excluding carboxylic acids is 1. The first-order chi connectivity index (χ1) is 10.9. The first-order valence-electron chi connectivity index (χ1n) is 7.75. The van der Waals surface area contributed by atoms with Gasteiger partial charge < -0.3 is 4.90 Å². The number of hydrogen-bond acceptors (Lipinski definition) is 5. The summed E-state index contributed by atoms with van der Waals surface area (Å²) < 4.78 is 24.2. The van der Waals surface area contributed by atoms with Gasteiger partial charge in [0.15, 0.2) is 9.84 Å². The van der Waals surface area contributed by atoms with Gasteiger partial charge in [-0.25, -0.2) is 13.4 Å². The Morgan fingerprint density at radius 2 is 2.17 bits per heavy atom. The van der Waals surface area contributed by atoms with Crippen LogP contribution in [0.3, 0.4) is 0 Å². The van der Waals surface area contributed by atoms with Gasteiger partial charge in [0.25, 0.3) is 0 Å². The molecule has 1 saturated heterocycles. The molecule has 0 saturated carbocycles. The highest BCUT2D eigenvalue weighted by Gasteiger charge is 2.32. The Hall–Kier alpha value is -1.47. The highest BCUT2D eigenvalue weighted by Crippen LogP contribution is 2.23. The number of nitrogens with zero attached hydrogens (tertiary/aromatic N) is 2. The Morgan fingerprint density at radius 1 is 1.39 bits per heavy atom. The molecule has 3 rings (SSSR count). The number of amides is 1. The molecule has 0 spiro atoms. The zero-order chi connectivity index (χ0) is 16.4. The minimum Gasteiger partial charge on any atom is -0.342 e. The van der Waals surface area contributed by atoms with Crippen LogP contribution in [0.25, 0.3) is 10.2 Å². The number of thiazole rings is 1. The molecule has 1 aromatic heterocycles. The minimum atomic E-state index is -2.95. The lowest BCUT2D eigenvalue weighted by atomic mass is 10.2. The average Bonchev–Trinajstić information content (AvgIpc) is 3.08. The number of aromatic nitrogens is 1. The Bertz CT molecular complexity index is 781. The van der Waals surface area contributed by atoms with Crippen LogP contribution in [-0.2, 0) is 21.1 Å². The summed E-state index contributed by atoms with van der Waals surface area (Å²) in [5, 5.41) is 1.05. The van der Waals surface area contributed by atoms with Gasteiger partial charge in [0.1, 0.15) is 0 Å². The third-order valence-electron chi connectivity index (χ3n) is 4.27. The lowest BCUT2D eigenvalue weighted by Gasteiger charge is -2.23. The van der Waals surface area contributed by atoms with Gasteiger partial charge >= 0.3 is 0 Å². The summed E-state index contributed by atoms with van der Waals surface area (Å²) in [6.45, 7) is 0. The number of sulfone groups is 1. The molecule has 124 valence electrons. The molecule has 0 unspecified atom stereocenters. The van der Waals surface area contributed by atoms with E-state index in [0.29, 0.717) is 12.8 Å². The van der Waals surface area contributed by atoms with E-state index in [9.17, 15) is 13.2 Å². The smallest absolute Gasteiger partial charge is 0.222 e. The second kappa shape index (κ2) is 6.57. The molecule has 0 bridgehead atoms. The summed E-state index contributed by atoms with van der Waals surface area (Å²) in [5.74, 6) is 0.321. The number of para-hydroxylation sites is 1. The Morgan fingerprint density at radius 3 is 2.87 bits per heavy atom. The van der Waals surface area contributed by atoms with Crippen LogP contribution in [0.5, 0.6) is 0 Å². The van der Waals surface area contributed by atoms with Crippen LogP contribution >= 0.6 is 11.3 Å². The molecule has 1 aliphatic heterocycles. The maximum atomic E-state index is 12.2. The molecule has 0 N–H and O–H groups in total. The standard InChI is InChI=1S/C16H20N2O3S2/c1-18(12-9-10-23(20,21)11-12)16(19)8-4-7-15-17-13-5-2-3-6-14(13)22-15/h2-3,5-6,12H,4,7-11H2,1H3/t12-/m0/s1. The molecule has 1 aromatic carbocycles. The third kappa shape index (κ3) is 3.90. The van der Waals surface area contributed by atoms with Crippen molar-refractivity contribution < 1.29 is 13.2 Å². The highest BCUT2D eigenvalue weighted by atomic mass is 32.2. The predicted octanol–water partition coefficient (Wildman–Crippen LogP) is 2.26. The minimum absolute atomic E-state index is 0.0215. The van der Waals surface area contributed by atoms with Crippen LogP contribution < -0.4 is 0 Å². The predicted molar refractivity (Wildman–Crippen MR) is 92.4 cm³/mol. The van der Waals surface area contributed by atoms with E-state index < -0.39 is 9.84 Å². The van der Waals surface area contributed by atoms with Crippen molar-refractivity contribution >= 4 is 37.3 Å². The average molecular weight is 352 g/mol. The molecule has 23 heavy (non-hydrogen) atoms. The Labute approximate surface area is 140 Å². The van der Waals surface area contributed by atoms with Crippen molar-refractivity contribution in [3.8, 4) is 0 Å². The van der Waals surface area contributed by atoms with E-state index in [0.717, 1.165) is 23.4 Å². The van der Waals surface area contributed by atoms with Gasteiger partial charge in [0, 0.05) is 19.5 Å². The number of fused-ring (bicyclic) bond motifs is 1. The second-order valence-electron chi connectivity index (χ2n) is 5.99. The van der Waals surface area contributed by atoms with Gasteiger partial charge in [-0.2, -0.15) is 0 Å². The number of benzene rings is 1. The van der Waals surface area contributed by atoms with E-state index in [4.69, 9.17) is 0 Å². The van der Waals surface area contributed by atoms with E-state index in [2.05, 4.69) is 11.1 Å². The molecule has 1 aliphatic rings. The molecule has 2 heterocycles. The second-order valence-corrected chi connectivity index (χ2v) is 9.33. The molecule has 7 heteroatoms. The largest absolute Gasteiger partial charge is 0.342 e. The Kier molecular flexibility index (Phi) is 4.68. The fourth-order valence-corrected chi connectivity index (χ4v) is 5.66. The van der Waals surface area contributed by atoms with Crippen LogP contribution in [0.4, 0.5) is 0 Å². The first-order valence-corrected chi connectivity index (χ1v) is 10.4. The molecule has 1 amide bonds. The van der Waals surface area contributed by atoms with Crippen molar-refractivity contribution in [2.75, 3.05) is 18.6 Å². The van der Waals surface area contributed by atoms with Crippen molar-refractivity contribution in [3.05, 3.63) is 29.3 Å². The highest BCUT2D eigenvalue weighted by molar-refractivity contribution is 7.91. The fraction of sp³-hybridized carbons (Fsp3) is 0.500. The number of carbonyl (C=O) groups is 1. The van der Waals surface area contributed by atoms with Crippen molar-refractivity contribution in [1.82, 2.24) is 9.88 Å². The van der Waals surface area contributed by atoms with Crippen molar-refractivity contribution in [2.45, 2.75) is 31.7 Å². The van der Waals surface area contributed by atoms with E-state index >= 15 is 0 Å². The molecule has 1 atom stereocenters. The summed E-state index contributed by atoms with van der Waals surface area (Å²) >= 11 is 1.67. The number of aryl methyl sites for hydroxylation is 1. The van der Waals surface area contributed by atoms with Crippen molar-refractivity contribution in [3.63, 3.8) is 0 Å². The van der Waals surface area contributed by atoms with Crippen molar-refractivity contribution in [1.29, 1.82) is 0 Å². The summed E-state index contributed by atoms with van der Waals surface area (Å²) in [6, 6.07) is 7.86. The fourth-order valence-electron chi connectivity index (χ4n) is 2.88. The van der Waals surface area contributed by atoms with Gasteiger partial charge in [0.2, 0.25) is 5.91 Å². The summed E-state index contributed by atoms with van der Waals surface area (Å²) in [5.41, 5.74) is 1.01. The summed E-state index contributed by atoms with van der Waals surface area (Å²) in [7, 11) is -1.24. The van der Waals surface area contributed by atoms with Gasteiger partial charge in [0.05, 0.1) is 26.7 Å². The monoisotopic (exact) mass is 352 g/mol. The lowest BCUT2D eigenvalue weighted by Crippen LogP contribution is -2.37. The van der Waals surface area contributed by atoms with Gasteiger partial charge in [-0.15, -0.1) is 11.3 Å². The molecular formula is C16H20N2O3S2. The quantitative estimate of drug-likeness (QED) is 0.828. The first kappa shape index (κ1) is 16.4. The molecular weight excluding hydrogens is 332 g/mol. The van der Waals surface area contributed by atoms with E-state index in [1.807, 2.05) is 18.2 Å². The molecule has 2 aromatic rings.